The quantitative estimate of drug-likeness (QED) is 0.487. The van der Waals surface area contributed by atoms with Crippen LogP contribution in [0, 0.1) is 0 Å². The van der Waals surface area contributed by atoms with Crippen molar-refractivity contribution in [1.82, 2.24) is 4.57 Å². The summed E-state index contributed by atoms with van der Waals surface area (Å²) in [5, 5.41) is 3.95. The first-order chi connectivity index (χ1) is 13.7. The highest BCUT2D eigenvalue weighted by Crippen LogP contribution is 2.35. The monoisotopic (exact) mass is 376 g/mol. The van der Waals surface area contributed by atoms with Crippen LogP contribution in [0.3, 0.4) is 0 Å². The van der Waals surface area contributed by atoms with Gasteiger partial charge in [-0.2, -0.15) is 0 Å². The first kappa shape index (κ1) is 18.3. The molecule has 3 aromatic rings. The van der Waals surface area contributed by atoms with Gasteiger partial charge >= 0.3 is 5.97 Å². The molecule has 2 aromatic carbocycles. The Morgan fingerprint density at radius 3 is 2.82 bits per heavy atom. The van der Waals surface area contributed by atoms with Crippen LogP contribution in [-0.2, 0) is 16.1 Å². The maximum atomic E-state index is 12.4. The van der Waals surface area contributed by atoms with Gasteiger partial charge in [-0.1, -0.05) is 50.5 Å². The van der Waals surface area contributed by atoms with Gasteiger partial charge < -0.3 is 14.6 Å². The number of anilines is 1. The summed E-state index contributed by atoms with van der Waals surface area (Å²) >= 11 is 0. The summed E-state index contributed by atoms with van der Waals surface area (Å²) in [5.74, 6) is -0.389. The van der Waals surface area contributed by atoms with E-state index in [1.807, 2.05) is 41.0 Å². The average Bonchev–Trinajstić information content (AvgIpc) is 2.98. The molecule has 1 aromatic heterocycles. The molecule has 0 saturated heterocycles. The van der Waals surface area contributed by atoms with Crippen LogP contribution in [0.4, 0.5) is 5.69 Å². The standard InChI is InChI=1S/C23H24N2O3/c1-2-3-4-7-12-28-23(27)17-11-10-16-13-21-18-8-5-6-9-19(18)24-22(26)15-25(21)20(16)14-17/h5-6,8-11,13-14H,2-4,7,12,15H2,1H3,(H,24,26). The minimum Gasteiger partial charge on any atom is -0.462 e. The number of benzene rings is 2. The van der Waals surface area contributed by atoms with Crippen LogP contribution in [0.5, 0.6) is 0 Å². The Morgan fingerprint density at radius 1 is 1.11 bits per heavy atom. The second-order valence-corrected chi connectivity index (χ2v) is 7.18. The van der Waals surface area contributed by atoms with Crippen molar-refractivity contribution in [3.05, 3.63) is 54.1 Å². The molecule has 1 N–H and O–H groups in total. The van der Waals surface area contributed by atoms with Crippen LogP contribution in [0.25, 0.3) is 22.2 Å². The van der Waals surface area contributed by atoms with E-state index >= 15 is 0 Å². The number of unbranched alkanes of at least 4 members (excludes halogenated alkanes) is 3. The molecular formula is C23H24N2O3. The van der Waals surface area contributed by atoms with Crippen molar-refractivity contribution in [3.8, 4) is 11.3 Å². The van der Waals surface area contributed by atoms with Gasteiger partial charge in [-0.3, -0.25) is 4.79 Å². The Hall–Kier alpha value is -3.08. The smallest absolute Gasteiger partial charge is 0.338 e. The first-order valence-corrected chi connectivity index (χ1v) is 9.87. The van der Waals surface area contributed by atoms with Gasteiger partial charge in [0.05, 0.1) is 23.6 Å². The number of fused-ring (bicyclic) bond motifs is 5. The SMILES string of the molecule is CCCCCCOC(=O)c1ccc2cc3n(c2c1)CC(=O)Nc1ccccc1-3. The predicted molar refractivity (Wildman–Crippen MR) is 110 cm³/mol. The highest BCUT2D eigenvalue weighted by Gasteiger charge is 2.21. The molecule has 0 spiro atoms. The topological polar surface area (TPSA) is 60.3 Å². The van der Waals surface area contributed by atoms with Crippen molar-refractivity contribution < 1.29 is 14.3 Å². The van der Waals surface area contributed by atoms with Crippen molar-refractivity contribution in [1.29, 1.82) is 0 Å². The lowest BCUT2D eigenvalue weighted by Gasteiger charge is -2.08. The molecule has 4 rings (SSSR count). The largest absolute Gasteiger partial charge is 0.462 e. The van der Waals surface area contributed by atoms with E-state index in [2.05, 4.69) is 18.3 Å². The average molecular weight is 376 g/mol. The molecule has 2 heterocycles. The van der Waals surface area contributed by atoms with E-state index in [0.29, 0.717) is 12.2 Å². The third kappa shape index (κ3) is 3.52. The van der Waals surface area contributed by atoms with Crippen LogP contribution in [0.15, 0.2) is 48.5 Å². The normalized spacial score (nSPS) is 12.8. The van der Waals surface area contributed by atoms with Gasteiger partial charge in [0.15, 0.2) is 0 Å². The number of ether oxygens (including phenoxy) is 1. The number of para-hydroxylation sites is 1. The Morgan fingerprint density at radius 2 is 1.96 bits per heavy atom. The molecule has 1 aliphatic heterocycles. The maximum absolute atomic E-state index is 12.4. The van der Waals surface area contributed by atoms with Crippen LogP contribution < -0.4 is 5.32 Å². The van der Waals surface area contributed by atoms with Gasteiger partial charge in [-0.15, -0.1) is 0 Å². The Kier molecular flexibility index (Phi) is 5.15. The molecule has 0 aliphatic carbocycles. The van der Waals surface area contributed by atoms with Crippen LogP contribution in [-0.4, -0.2) is 23.1 Å². The number of hydrogen-bond acceptors (Lipinski definition) is 3. The summed E-state index contributed by atoms with van der Waals surface area (Å²) in [5.41, 5.74) is 4.13. The highest BCUT2D eigenvalue weighted by molar-refractivity contribution is 6.02. The summed E-state index contributed by atoms with van der Waals surface area (Å²) in [4.78, 5) is 24.8. The number of rotatable bonds is 6. The van der Waals surface area contributed by atoms with Crippen LogP contribution in [0.2, 0.25) is 0 Å². The minimum absolute atomic E-state index is 0.0763. The Bertz CT molecular complexity index is 1040. The van der Waals surface area contributed by atoms with Crippen LogP contribution >= 0.6 is 0 Å². The minimum atomic E-state index is -0.313. The molecule has 5 nitrogen and oxygen atoms in total. The third-order valence-electron chi connectivity index (χ3n) is 5.15. The molecule has 144 valence electrons. The number of carbonyl (C=O) groups excluding carboxylic acids is 2. The predicted octanol–water partition coefficient (Wildman–Crippen LogP) is 5.00. The second-order valence-electron chi connectivity index (χ2n) is 7.18. The lowest BCUT2D eigenvalue weighted by atomic mass is 10.1. The zero-order valence-corrected chi connectivity index (χ0v) is 16.0. The number of nitrogens with zero attached hydrogens (tertiary/aromatic N) is 1. The third-order valence-corrected chi connectivity index (χ3v) is 5.15. The summed E-state index contributed by atoms with van der Waals surface area (Å²) < 4.78 is 7.39. The van der Waals surface area contributed by atoms with E-state index in [1.165, 1.54) is 0 Å². The summed E-state index contributed by atoms with van der Waals surface area (Å²) in [6.07, 6.45) is 4.27. The van der Waals surface area contributed by atoms with Crippen molar-refractivity contribution >= 4 is 28.5 Å². The molecule has 0 atom stereocenters. The summed E-state index contributed by atoms with van der Waals surface area (Å²) in [6, 6.07) is 15.4. The van der Waals surface area contributed by atoms with Gasteiger partial charge in [0.1, 0.15) is 6.54 Å². The number of nitrogens with one attached hydrogen (secondary N) is 1. The summed E-state index contributed by atoms with van der Waals surface area (Å²) in [6.45, 7) is 2.81. The van der Waals surface area contributed by atoms with E-state index in [0.717, 1.165) is 53.5 Å². The fourth-order valence-electron chi connectivity index (χ4n) is 3.70. The van der Waals surface area contributed by atoms with E-state index in [1.54, 1.807) is 6.07 Å². The molecule has 5 heteroatoms. The van der Waals surface area contributed by atoms with Crippen molar-refractivity contribution in [2.75, 3.05) is 11.9 Å². The van der Waals surface area contributed by atoms with Crippen molar-refractivity contribution in [3.63, 3.8) is 0 Å². The molecular weight excluding hydrogens is 352 g/mol. The number of carbonyl (C=O) groups is 2. The van der Waals surface area contributed by atoms with Gasteiger partial charge in [-0.05, 0) is 30.7 Å². The molecule has 0 saturated carbocycles. The molecule has 0 radical (unpaired) electrons. The van der Waals surface area contributed by atoms with E-state index < -0.39 is 0 Å². The lowest BCUT2D eigenvalue weighted by molar-refractivity contribution is -0.116. The zero-order chi connectivity index (χ0) is 19.5. The maximum Gasteiger partial charge on any atom is 0.338 e. The molecule has 1 aliphatic rings. The Balaban J connectivity index is 1.65. The molecule has 0 bridgehead atoms. The lowest BCUT2D eigenvalue weighted by Crippen LogP contribution is -2.16. The highest BCUT2D eigenvalue weighted by atomic mass is 16.5. The Labute approximate surface area is 164 Å². The van der Waals surface area contributed by atoms with E-state index in [4.69, 9.17) is 4.74 Å². The first-order valence-electron chi connectivity index (χ1n) is 9.87. The molecule has 0 unspecified atom stereocenters. The molecule has 1 amide bonds. The zero-order valence-electron chi connectivity index (χ0n) is 16.0. The number of hydrogen-bond donors (Lipinski definition) is 1. The molecule has 0 fully saturated rings. The number of esters is 1. The van der Waals surface area contributed by atoms with Gasteiger partial charge in [0.2, 0.25) is 5.91 Å². The van der Waals surface area contributed by atoms with Crippen LogP contribution in [0.1, 0.15) is 43.0 Å². The number of amides is 1. The van der Waals surface area contributed by atoms with Crippen molar-refractivity contribution in [2.45, 2.75) is 39.2 Å². The van der Waals surface area contributed by atoms with Gasteiger partial charge in [0, 0.05) is 16.5 Å². The van der Waals surface area contributed by atoms with Gasteiger partial charge in [0.25, 0.3) is 0 Å². The fraction of sp³-hybridized carbons (Fsp3) is 0.304. The van der Waals surface area contributed by atoms with E-state index in [9.17, 15) is 9.59 Å². The molecule has 28 heavy (non-hydrogen) atoms. The second kappa shape index (κ2) is 7.89. The summed E-state index contributed by atoms with van der Waals surface area (Å²) in [7, 11) is 0. The van der Waals surface area contributed by atoms with Crippen molar-refractivity contribution in [2.24, 2.45) is 0 Å². The fourth-order valence-corrected chi connectivity index (χ4v) is 3.70. The van der Waals surface area contributed by atoms with Gasteiger partial charge in [-0.25, -0.2) is 4.79 Å². The number of aromatic nitrogens is 1. The van der Waals surface area contributed by atoms with E-state index in [-0.39, 0.29) is 18.4 Å².